The maximum atomic E-state index is 13.6. The second kappa shape index (κ2) is 12.7. The van der Waals surface area contributed by atoms with E-state index < -0.39 is 15.9 Å². The van der Waals surface area contributed by atoms with Crippen LogP contribution in [0.25, 0.3) is 0 Å². The fraction of sp³-hybridized carbons (Fsp3) is 0.345. The van der Waals surface area contributed by atoms with E-state index in [-0.39, 0.29) is 11.4 Å². The van der Waals surface area contributed by atoms with Crippen LogP contribution in [0.4, 0.5) is 11.4 Å². The summed E-state index contributed by atoms with van der Waals surface area (Å²) in [5.74, 6) is 0.923. The van der Waals surface area contributed by atoms with E-state index in [2.05, 4.69) is 45.2 Å². The van der Waals surface area contributed by atoms with E-state index in [1.807, 2.05) is 19.1 Å². The Morgan fingerprint density at radius 1 is 1.05 bits per heavy atom. The SMILES string of the molecule is CCOc1ccc(N(CC(=O)NCc2ccc(N3CCCC(C)C3)cc2)S(=O)(=O)c2ccc(Br)cc2)cc1. The molecule has 1 unspecified atom stereocenters. The quantitative estimate of drug-likeness (QED) is 0.328. The normalized spacial score (nSPS) is 15.7. The Bertz CT molecular complexity index is 1310. The van der Waals surface area contributed by atoms with Crippen LogP contribution in [0.1, 0.15) is 32.3 Å². The zero-order chi connectivity index (χ0) is 27.1. The van der Waals surface area contributed by atoms with Gasteiger partial charge in [0.1, 0.15) is 12.3 Å². The number of amides is 1. The highest BCUT2D eigenvalue weighted by Crippen LogP contribution is 2.27. The lowest BCUT2D eigenvalue weighted by Gasteiger charge is -2.32. The van der Waals surface area contributed by atoms with Gasteiger partial charge in [-0.3, -0.25) is 9.10 Å². The summed E-state index contributed by atoms with van der Waals surface area (Å²) in [6.07, 6.45) is 2.47. The molecule has 9 heteroatoms. The largest absolute Gasteiger partial charge is 0.494 e. The van der Waals surface area contributed by atoms with Crippen LogP contribution in [0, 0.1) is 5.92 Å². The number of nitrogens with one attached hydrogen (secondary N) is 1. The van der Waals surface area contributed by atoms with Crippen molar-refractivity contribution >= 4 is 43.2 Å². The van der Waals surface area contributed by atoms with Crippen LogP contribution in [-0.4, -0.2) is 40.6 Å². The van der Waals surface area contributed by atoms with E-state index in [0.717, 1.165) is 27.4 Å². The van der Waals surface area contributed by atoms with Crippen molar-refractivity contribution in [2.45, 2.75) is 38.1 Å². The second-order valence-corrected chi connectivity index (χ2v) is 12.3. The number of carbonyl (C=O) groups excluding carboxylic acids is 1. The van der Waals surface area contributed by atoms with Gasteiger partial charge in [-0.05, 0) is 91.9 Å². The third-order valence-electron chi connectivity index (χ3n) is 6.57. The van der Waals surface area contributed by atoms with Crippen molar-refractivity contribution < 1.29 is 17.9 Å². The molecule has 0 bridgehead atoms. The second-order valence-electron chi connectivity index (χ2n) is 9.53. The smallest absolute Gasteiger partial charge is 0.264 e. The molecule has 0 spiro atoms. The van der Waals surface area contributed by atoms with Gasteiger partial charge in [0.05, 0.1) is 17.2 Å². The third-order valence-corrected chi connectivity index (χ3v) is 8.89. The van der Waals surface area contributed by atoms with Crippen LogP contribution in [0.2, 0.25) is 0 Å². The molecule has 0 aliphatic carbocycles. The van der Waals surface area contributed by atoms with Crippen LogP contribution >= 0.6 is 15.9 Å². The minimum atomic E-state index is -3.99. The molecule has 0 saturated carbocycles. The molecule has 1 saturated heterocycles. The van der Waals surface area contributed by atoms with Gasteiger partial charge < -0.3 is 15.0 Å². The third kappa shape index (κ3) is 7.08. The average Bonchev–Trinajstić information content (AvgIpc) is 2.92. The van der Waals surface area contributed by atoms with E-state index >= 15 is 0 Å². The number of nitrogens with zero attached hydrogens (tertiary/aromatic N) is 2. The van der Waals surface area contributed by atoms with E-state index in [1.54, 1.807) is 36.4 Å². The maximum absolute atomic E-state index is 13.6. The number of rotatable bonds is 10. The lowest BCUT2D eigenvalue weighted by atomic mass is 9.99. The first-order valence-corrected chi connectivity index (χ1v) is 15.1. The van der Waals surface area contributed by atoms with E-state index in [1.165, 1.54) is 30.7 Å². The van der Waals surface area contributed by atoms with Crippen molar-refractivity contribution in [1.29, 1.82) is 0 Å². The first-order chi connectivity index (χ1) is 18.3. The van der Waals surface area contributed by atoms with Crippen LogP contribution < -0.4 is 19.3 Å². The topological polar surface area (TPSA) is 79.0 Å². The predicted octanol–water partition coefficient (Wildman–Crippen LogP) is 5.60. The molecule has 1 atom stereocenters. The lowest BCUT2D eigenvalue weighted by Crippen LogP contribution is -2.40. The zero-order valence-corrected chi connectivity index (χ0v) is 24.2. The molecule has 1 fully saturated rings. The molecular formula is C29H34BrN3O4S. The lowest BCUT2D eigenvalue weighted by molar-refractivity contribution is -0.119. The van der Waals surface area contributed by atoms with E-state index in [9.17, 15) is 13.2 Å². The number of ether oxygens (including phenoxy) is 1. The minimum absolute atomic E-state index is 0.102. The van der Waals surface area contributed by atoms with Crippen molar-refractivity contribution in [3.8, 4) is 5.75 Å². The summed E-state index contributed by atoms with van der Waals surface area (Å²) in [5.41, 5.74) is 2.52. The van der Waals surface area contributed by atoms with Crippen LogP contribution in [0.3, 0.4) is 0 Å². The zero-order valence-electron chi connectivity index (χ0n) is 21.8. The molecule has 1 aliphatic heterocycles. The van der Waals surface area contributed by atoms with Gasteiger partial charge in [-0.25, -0.2) is 8.42 Å². The van der Waals surface area contributed by atoms with Crippen molar-refractivity contribution in [2.75, 3.05) is 35.4 Å². The fourth-order valence-electron chi connectivity index (χ4n) is 4.56. The minimum Gasteiger partial charge on any atom is -0.494 e. The van der Waals surface area contributed by atoms with Gasteiger partial charge >= 0.3 is 0 Å². The molecule has 1 N–H and O–H groups in total. The maximum Gasteiger partial charge on any atom is 0.264 e. The number of hydrogen-bond donors (Lipinski definition) is 1. The van der Waals surface area contributed by atoms with Gasteiger partial charge in [0, 0.05) is 29.8 Å². The molecule has 7 nitrogen and oxygen atoms in total. The summed E-state index contributed by atoms with van der Waals surface area (Å²) in [6, 6.07) is 21.3. The Morgan fingerprint density at radius 3 is 2.37 bits per heavy atom. The van der Waals surface area contributed by atoms with Gasteiger partial charge in [0.15, 0.2) is 0 Å². The highest BCUT2D eigenvalue weighted by Gasteiger charge is 2.27. The molecular weight excluding hydrogens is 566 g/mol. The van der Waals surface area contributed by atoms with Crippen molar-refractivity contribution in [2.24, 2.45) is 5.92 Å². The molecule has 202 valence electrons. The van der Waals surface area contributed by atoms with Gasteiger partial charge in [-0.15, -0.1) is 0 Å². The van der Waals surface area contributed by atoms with Crippen molar-refractivity contribution in [3.05, 3.63) is 82.8 Å². The molecule has 0 aromatic heterocycles. The predicted molar refractivity (Wildman–Crippen MR) is 155 cm³/mol. The number of benzene rings is 3. The van der Waals surface area contributed by atoms with E-state index in [0.29, 0.717) is 30.5 Å². The number of halogens is 1. The molecule has 4 rings (SSSR count). The number of anilines is 2. The van der Waals surface area contributed by atoms with Gasteiger partial charge in [0.2, 0.25) is 5.91 Å². The number of sulfonamides is 1. The van der Waals surface area contributed by atoms with Crippen molar-refractivity contribution in [1.82, 2.24) is 5.32 Å². The Kier molecular flexibility index (Phi) is 9.33. The Labute approximate surface area is 234 Å². The molecule has 3 aromatic rings. The van der Waals surface area contributed by atoms with Crippen LogP contribution in [0.15, 0.2) is 82.2 Å². The molecule has 1 amide bonds. The standard InChI is InChI=1S/C29H34BrN3O4S/c1-3-37-27-14-12-26(13-15-27)33(38(35,36)28-16-8-24(30)9-17-28)21-29(34)31-19-23-6-10-25(11-7-23)32-18-4-5-22(2)20-32/h6-17,22H,3-5,18-21H2,1-2H3,(H,31,34). The molecule has 1 aliphatic rings. The molecule has 3 aromatic carbocycles. The summed E-state index contributed by atoms with van der Waals surface area (Å²) < 4.78 is 34.5. The summed E-state index contributed by atoms with van der Waals surface area (Å²) in [5, 5.41) is 2.88. The number of carbonyl (C=O) groups is 1. The summed E-state index contributed by atoms with van der Waals surface area (Å²) >= 11 is 3.34. The highest BCUT2D eigenvalue weighted by molar-refractivity contribution is 9.10. The van der Waals surface area contributed by atoms with E-state index in [4.69, 9.17) is 4.74 Å². The fourth-order valence-corrected chi connectivity index (χ4v) is 6.24. The molecule has 0 radical (unpaired) electrons. The molecule has 1 heterocycles. The molecule has 38 heavy (non-hydrogen) atoms. The average molecular weight is 601 g/mol. The van der Waals surface area contributed by atoms with Gasteiger partial charge in [0.25, 0.3) is 10.0 Å². The summed E-state index contributed by atoms with van der Waals surface area (Å²) in [4.78, 5) is 15.5. The monoisotopic (exact) mass is 599 g/mol. The van der Waals surface area contributed by atoms with Crippen LogP contribution in [-0.2, 0) is 21.4 Å². The summed E-state index contributed by atoms with van der Waals surface area (Å²) in [6.45, 7) is 6.74. The Hall–Kier alpha value is -3.04. The van der Waals surface area contributed by atoms with Gasteiger partial charge in [-0.2, -0.15) is 0 Å². The van der Waals surface area contributed by atoms with Gasteiger partial charge in [-0.1, -0.05) is 35.0 Å². The Morgan fingerprint density at radius 2 is 1.74 bits per heavy atom. The summed E-state index contributed by atoms with van der Waals surface area (Å²) in [7, 11) is -3.99. The number of hydrogen-bond acceptors (Lipinski definition) is 5. The van der Waals surface area contributed by atoms with Crippen molar-refractivity contribution in [3.63, 3.8) is 0 Å². The highest BCUT2D eigenvalue weighted by atomic mass is 79.9. The van der Waals surface area contributed by atoms with Crippen LogP contribution in [0.5, 0.6) is 5.75 Å². The number of piperidine rings is 1. The Balaban J connectivity index is 1.46. The first kappa shape index (κ1) is 28.0. The first-order valence-electron chi connectivity index (χ1n) is 12.9.